The first-order valence-corrected chi connectivity index (χ1v) is 8.62. The van der Waals surface area contributed by atoms with Gasteiger partial charge in [-0.2, -0.15) is 0 Å². The van der Waals surface area contributed by atoms with E-state index in [-0.39, 0.29) is 5.41 Å². The van der Waals surface area contributed by atoms with Crippen molar-refractivity contribution in [3.63, 3.8) is 0 Å². The second kappa shape index (κ2) is 8.67. The molecule has 1 heterocycles. The largest absolute Gasteiger partial charge is 0.494 e. The maximum Gasteiger partial charge on any atom is 0.119 e. The number of hydrogen-bond donors (Lipinski definition) is 0. The third-order valence-electron chi connectivity index (χ3n) is 4.55. The summed E-state index contributed by atoms with van der Waals surface area (Å²) in [7, 11) is 8.48. The summed E-state index contributed by atoms with van der Waals surface area (Å²) < 4.78 is 11.4. The minimum absolute atomic E-state index is 0.213. The fourth-order valence-electron chi connectivity index (χ4n) is 3.38. The molecule has 0 bridgehead atoms. The molecule has 1 fully saturated rings. The third kappa shape index (κ3) is 5.48. The van der Waals surface area contributed by atoms with Crippen molar-refractivity contribution in [3.8, 4) is 5.75 Å². The van der Waals surface area contributed by atoms with Gasteiger partial charge in [0, 0.05) is 31.7 Å². The summed E-state index contributed by atoms with van der Waals surface area (Å²) >= 11 is 0. The van der Waals surface area contributed by atoms with Crippen LogP contribution in [0.4, 0.5) is 0 Å². The fraction of sp³-hybridized carbons (Fsp3) is 0.684. The first-order valence-electron chi connectivity index (χ1n) is 8.62. The summed E-state index contributed by atoms with van der Waals surface area (Å²) in [5.41, 5.74) is 1.63. The molecule has 0 aromatic heterocycles. The van der Waals surface area contributed by atoms with E-state index >= 15 is 0 Å². The van der Waals surface area contributed by atoms with E-state index in [0.717, 1.165) is 57.9 Å². The quantitative estimate of drug-likeness (QED) is 0.688. The van der Waals surface area contributed by atoms with Crippen molar-refractivity contribution in [3.05, 3.63) is 29.8 Å². The Kier molecular flexibility index (Phi) is 6.88. The third-order valence-corrected chi connectivity index (χ3v) is 4.55. The van der Waals surface area contributed by atoms with Crippen LogP contribution in [0.1, 0.15) is 24.8 Å². The van der Waals surface area contributed by atoms with Gasteiger partial charge in [0.2, 0.25) is 0 Å². The Bertz CT molecular complexity index is 451. The van der Waals surface area contributed by atoms with Crippen molar-refractivity contribution in [1.82, 2.24) is 9.80 Å². The van der Waals surface area contributed by atoms with Crippen LogP contribution in [0.15, 0.2) is 24.3 Å². The van der Waals surface area contributed by atoms with E-state index in [9.17, 15) is 0 Å². The molecule has 0 aliphatic carbocycles. The van der Waals surface area contributed by atoms with Crippen LogP contribution in [0.2, 0.25) is 0 Å². The molecule has 1 aromatic rings. The molecule has 2 rings (SSSR count). The van der Waals surface area contributed by atoms with E-state index in [0.29, 0.717) is 0 Å². The number of hydrogen-bond acceptors (Lipinski definition) is 4. The van der Waals surface area contributed by atoms with Crippen LogP contribution in [0.25, 0.3) is 0 Å². The molecule has 4 heteroatoms. The van der Waals surface area contributed by atoms with Gasteiger partial charge in [-0.3, -0.25) is 0 Å². The van der Waals surface area contributed by atoms with Gasteiger partial charge in [-0.25, -0.2) is 0 Å². The highest BCUT2D eigenvalue weighted by molar-refractivity contribution is 5.33. The maximum atomic E-state index is 5.85. The Labute approximate surface area is 141 Å². The van der Waals surface area contributed by atoms with E-state index in [2.05, 4.69) is 62.3 Å². The smallest absolute Gasteiger partial charge is 0.119 e. The molecule has 1 aliphatic heterocycles. The topological polar surface area (TPSA) is 24.9 Å². The van der Waals surface area contributed by atoms with Crippen molar-refractivity contribution in [2.75, 3.05) is 61.1 Å². The molecule has 0 saturated carbocycles. The average molecular weight is 320 g/mol. The van der Waals surface area contributed by atoms with Crippen LogP contribution in [-0.2, 0) is 10.2 Å². The average Bonchev–Trinajstić information content (AvgIpc) is 2.52. The Morgan fingerprint density at radius 1 is 1.00 bits per heavy atom. The second-order valence-electron chi connectivity index (χ2n) is 7.16. The fourth-order valence-corrected chi connectivity index (χ4v) is 3.38. The monoisotopic (exact) mass is 320 g/mol. The molecule has 1 saturated heterocycles. The van der Waals surface area contributed by atoms with Crippen molar-refractivity contribution < 1.29 is 9.47 Å². The number of likely N-dealkylation sites (N-methyl/N-ethyl adjacent to an activating group) is 1. The second-order valence-corrected chi connectivity index (χ2v) is 7.16. The summed E-state index contributed by atoms with van der Waals surface area (Å²) in [4.78, 5) is 4.47. The van der Waals surface area contributed by atoms with Crippen LogP contribution >= 0.6 is 0 Å². The predicted molar refractivity (Wildman–Crippen MR) is 95.4 cm³/mol. The van der Waals surface area contributed by atoms with Crippen LogP contribution in [0.3, 0.4) is 0 Å². The van der Waals surface area contributed by atoms with Crippen molar-refractivity contribution >= 4 is 0 Å². The van der Waals surface area contributed by atoms with Gasteiger partial charge in [0.15, 0.2) is 0 Å². The number of nitrogens with zero attached hydrogens (tertiary/aromatic N) is 2. The lowest BCUT2D eigenvalue weighted by Gasteiger charge is -2.39. The highest BCUT2D eigenvalue weighted by Crippen LogP contribution is 2.36. The molecule has 0 unspecified atom stereocenters. The standard InChI is InChI=1S/C19H32N2O2/c1-20(2)12-5-13-23-18-8-6-17(7-9-18)19(16-21(3)4)10-14-22-15-11-19/h6-9H,5,10-16H2,1-4H3. The van der Waals surface area contributed by atoms with E-state index in [4.69, 9.17) is 9.47 Å². The summed E-state index contributed by atoms with van der Waals surface area (Å²) in [5.74, 6) is 0.972. The Balaban J connectivity index is 1.98. The maximum absolute atomic E-state index is 5.85. The molecule has 0 atom stereocenters. The zero-order valence-electron chi connectivity index (χ0n) is 15.2. The lowest BCUT2D eigenvalue weighted by molar-refractivity contribution is 0.0401. The molecule has 0 amide bonds. The normalized spacial score (nSPS) is 17.7. The van der Waals surface area contributed by atoms with Crippen LogP contribution in [-0.4, -0.2) is 70.9 Å². The van der Waals surface area contributed by atoms with Gasteiger partial charge < -0.3 is 19.3 Å². The SMILES string of the molecule is CN(C)CCCOc1ccc(C2(CN(C)C)CCOCC2)cc1. The van der Waals surface area contributed by atoms with Gasteiger partial charge in [0.1, 0.15) is 5.75 Å². The van der Waals surface area contributed by atoms with E-state index in [1.54, 1.807) is 0 Å². The molecule has 1 aromatic carbocycles. The van der Waals surface area contributed by atoms with Crippen LogP contribution < -0.4 is 4.74 Å². The molecule has 1 aliphatic rings. The Hall–Kier alpha value is -1.10. The Morgan fingerprint density at radius 3 is 2.22 bits per heavy atom. The molecule has 23 heavy (non-hydrogen) atoms. The molecule has 0 spiro atoms. The van der Waals surface area contributed by atoms with Gasteiger partial charge in [-0.05, 0) is 65.1 Å². The van der Waals surface area contributed by atoms with Crippen molar-refractivity contribution in [2.24, 2.45) is 0 Å². The van der Waals surface area contributed by atoms with Crippen molar-refractivity contribution in [1.29, 1.82) is 0 Å². The first kappa shape index (κ1) is 18.2. The predicted octanol–water partition coefficient (Wildman–Crippen LogP) is 2.63. The highest BCUT2D eigenvalue weighted by atomic mass is 16.5. The van der Waals surface area contributed by atoms with E-state index in [1.165, 1.54) is 5.56 Å². The number of benzene rings is 1. The first-order chi connectivity index (χ1) is 11.0. The van der Waals surface area contributed by atoms with Gasteiger partial charge in [0.25, 0.3) is 0 Å². The molecule has 4 nitrogen and oxygen atoms in total. The van der Waals surface area contributed by atoms with Gasteiger partial charge >= 0.3 is 0 Å². The Morgan fingerprint density at radius 2 is 1.65 bits per heavy atom. The lowest BCUT2D eigenvalue weighted by atomic mass is 9.74. The molecular formula is C19H32N2O2. The van der Waals surface area contributed by atoms with E-state index < -0.39 is 0 Å². The minimum atomic E-state index is 0.213. The van der Waals surface area contributed by atoms with Gasteiger partial charge in [0.05, 0.1) is 6.61 Å². The van der Waals surface area contributed by atoms with Crippen LogP contribution in [0, 0.1) is 0 Å². The van der Waals surface area contributed by atoms with Crippen LogP contribution in [0.5, 0.6) is 5.75 Å². The molecular weight excluding hydrogens is 288 g/mol. The zero-order chi connectivity index (χ0) is 16.7. The number of ether oxygens (including phenoxy) is 2. The van der Waals surface area contributed by atoms with Gasteiger partial charge in [-0.1, -0.05) is 12.1 Å². The van der Waals surface area contributed by atoms with E-state index in [1.807, 2.05) is 0 Å². The lowest BCUT2D eigenvalue weighted by Crippen LogP contribution is -2.42. The summed E-state index contributed by atoms with van der Waals surface area (Å²) in [6.07, 6.45) is 3.24. The van der Waals surface area contributed by atoms with Crippen molar-refractivity contribution in [2.45, 2.75) is 24.7 Å². The minimum Gasteiger partial charge on any atom is -0.494 e. The molecule has 0 radical (unpaired) electrons. The molecule has 130 valence electrons. The van der Waals surface area contributed by atoms with Gasteiger partial charge in [-0.15, -0.1) is 0 Å². The summed E-state index contributed by atoms with van der Waals surface area (Å²) in [6.45, 7) is 4.62. The summed E-state index contributed by atoms with van der Waals surface area (Å²) in [6, 6.07) is 8.74. The number of rotatable bonds is 8. The molecule has 0 N–H and O–H groups in total. The summed E-state index contributed by atoms with van der Waals surface area (Å²) in [5, 5.41) is 0. The zero-order valence-corrected chi connectivity index (χ0v) is 15.2. The highest BCUT2D eigenvalue weighted by Gasteiger charge is 2.34.